The number of nitrogens with zero attached hydrogens (tertiary/aromatic N) is 4. The van der Waals surface area contributed by atoms with Crippen molar-refractivity contribution in [3.05, 3.63) is 46.0 Å². The summed E-state index contributed by atoms with van der Waals surface area (Å²) in [6.07, 6.45) is 29.0. The number of benzene rings is 3. The molecule has 426 valence electrons. The zero-order valence-corrected chi connectivity index (χ0v) is 51.7. The molecule has 9 rings (SSSR count). The predicted octanol–water partition coefficient (Wildman–Crippen LogP) is 18.1. The van der Waals surface area contributed by atoms with Crippen molar-refractivity contribution in [2.75, 3.05) is 0 Å². The number of hydrogen-bond donors (Lipinski definition) is 0. The first-order valence-corrected chi connectivity index (χ1v) is 32.7. The van der Waals surface area contributed by atoms with E-state index in [1.54, 1.807) is 0 Å². The molecular weight excluding hydrogens is 1010 g/mol. The van der Waals surface area contributed by atoms with Gasteiger partial charge in [0.2, 0.25) is 0 Å². The first-order chi connectivity index (χ1) is 37.4. The van der Waals surface area contributed by atoms with Crippen molar-refractivity contribution in [3.63, 3.8) is 0 Å². The van der Waals surface area contributed by atoms with Gasteiger partial charge in [-0.05, 0) is 92.2 Å². The highest BCUT2D eigenvalue weighted by molar-refractivity contribution is 7.00. The van der Waals surface area contributed by atoms with E-state index in [-0.39, 0.29) is 11.6 Å². The molecule has 78 heavy (non-hydrogen) atoms. The molecule has 0 amide bonds. The molecule has 2 aromatic heterocycles. The Morgan fingerprint density at radius 1 is 0.372 bits per heavy atom. The lowest BCUT2D eigenvalue weighted by atomic mass is 9.66. The van der Waals surface area contributed by atoms with Crippen LogP contribution in [0.3, 0.4) is 0 Å². The van der Waals surface area contributed by atoms with E-state index in [1.807, 2.05) is 0 Å². The number of fused-ring (bicyclic) bond motifs is 10. The molecule has 5 aromatic rings. The fourth-order valence-corrected chi connectivity index (χ4v) is 15.1. The summed E-state index contributed by atoms with van der Waals surface area (Å²) in [6.45, 7) is 25.6. The van der Waals surface area contributed by atoms with E-state index in [4.69, 9.17) is 36.1 Å². The van der Waals surface area contributed by atoms with Crippen LogP contribution in [0.1, 0.15) is 285 Å². The summed E-state index contributed by atoms with van der Waals surface area (Å²) in [5.74, 6) is -0.593. The summed E-state index contributed by atoms with van der Waals surface area (Å²) in [5.41, 5.74) is 5.14. The van der Waals surface area contributed by atoms with Crippen molar-refractivity contribution >= 4 is 70.7 Å². The second-order valence-corrected chi connectivity index (χ2v) is 27.3. The number of hydrogen-bond acceptors (Lipinski definition) is 10. The largest absolute Gasteiger partial charge is 0.497 e. The molecule has 3 aromatic carbocycles. The van der Waals surface area contributed by atoms with Crippen LogP contribution in [-0.4, -0.2) is 54.1 Å². The van der Waals surface area contributed by atoms with Gasteiger partial charge in [-0.25, -0.2) is 8.78 Å². The van der Waals surface area contributed by atoms with E-state index in [0.717, 1.165) is 148 Å². The molecule has 0 unspecified atom stereocenters. The van der Waals surface area contributed by atoms with Crippen molar-refractivity contribution < 1.29 is 27.4 Å². The minimum atomic E-state index is -0.859. The molecule has 2 aliphatic carbocycles. The van der Waals surface area contributed by atoms with Gasteiger partial charge in [0.1, 0.15) is 33.7 Å². The molecule has 2 aliphatic heterocycles. The van der Waals surface area contributed by atoms with E-state index in [0.29, 0.717) is 81.1 Å². The molecule has 2 fully saturated rings. The summed E-state index contributed by atoms with van der Waals surface area (Å²) < 4.78 is 88.0. The monoisotopic (exact) mass is 1110 g/mol. The van der Waals surface area contributed by atoms with Gasteiger partial charge in [0.25, 0.3) is 0 Å². The lowest BCUT2D eigenvalue weighted by Crippen LogP contribution is -2.41. The zero-order valence-electron chi connectivity index (χ0n) is 50.1. The topological polar surface area (TPSA) is 88.5 Å². The summed E-state index contributed by atoms with van der Waals surface area (Å²) in [5, 5.41) is 0. The highest BCUT2D eigenvalue weighted by Gasteiger charge is 2.58. The second-order valence-electron chi connectivity index (χ2n) is 26.2. The first kappa shape index (κ1) is 59.7. The smallest absolute Gasteiger partial charge is 0.399 e. The molecule has 2 saturated heterocycles. The minimum Gasteiger partial charge on any atom is -0.399 e. The van der Waals surface area contributed by atoms with Gasteiger partial charge in [0, 0.05) is 55.1 Å². The second kappa shape index (κ2) is 24.5. The number of aromatic nitrogens is 4. The fourth-order valence-electron chi connectivity index (χ4n) is 13.9. The standard InChI is InChI=1S/C64H94B2F2N4O4S2/c1-13-17-21-25-29-33-37-63(38-34-30-26-22-18-14-2)43-41-45(65-73-59(5,6)60(7,8)74-65)55-57(71-77-69-55)47(43)49-51(63)53(67)50-48-44(42-46(56-58(48)72-78-70-56)66-75-61(9,10)62(11,12)76-66)64(52(50)54(49)68,39-35-31-27-23-19-15-3)40-36-32-28-24-20-16-4/h41-42H,13-40H2,1-12H3. The van der Waals surface area contributed by atoms with Crippen LogP contribution >= 0.6 is 23.5 Å². The van der Waals surface area contributed by atoms with Crippen LogP contribution in [0.2, 0.25) is 0 Å². The third-order valence-corrected chi connectivity index (χ3v) is 20.9. The Bertz CT molecular complexity index is 2630. The minimum absolute atomic E-state index is 0.296. The van der Waals surface area contributed by atoms with Gasteiger partial charge in [0.15, 0.2) is 0 Å². The molecule has 0 radical (unpaired) electrons. The van der Waals surface area contributed by atoms with Crippen molar-refractivity contribution in [1.82, 2.24) is 17.5 Å². The number of rotatable bonds is 30. The highest BCUT2D eigenvalue weighted by atomic mass is 32.1. The van der Waals surface area contributed by atoms with Gasteiger partial charge in [0.05, 0.1) is 45.9 Å². The lowest BCUT2D eigenvalue weighted by Gasteiger charge is -2.35. The van der Waals surface area contributed by atoms with Gasteiger partial charge in [-0.15, -0.1) is 0 Å². The summed E-state index contributed by atoms with van der Waals surface area (Å²) in [7, 11) is -1.46. The Morgan fingerprint density at radius 3 is 0.910 bits per heavy atom. The maximum absolute atomic E-state index is 20.2. The van der Waals surface area contributed by atoms with Crippen LogP contribution in [0.25, 0.3) is 44.3 Å². The Labute approximate surface area is 477 Å². The molecule has 4 aliphatic rings. The van der Waals surface area contributed by atoms with Crippen LogP contribution in [0, 0.1) is 11.6 Å². The average Bonchev–Trinajstić information content (AvgIpc) is 4.38. The molecule has 0 spiro atoms. The first-order valence-electron chi connectivity index (χ1n) is 31.2. The van der Waals surface area contributed by atoms with Crippen molar-refractivity contribution in [3.8, 4) is 22.3 Å². The Hall–Kier alpha value is -2.87. The maximum Gasteiger partial charge on any atom is 0.497 e. The lowest BCUT2D eigenvalue weighted by molar-refractivity contribution is 0.00578. The molecule has 0 atom stereocenters. The van der Waals surface area contributed by atoms with Crippen LogP contribution in [0.4, 0.5) is 8.78 Å². The summed E-state index contributed by atoms with van der Waals surface area (Å²) in [4.78, 5) is 0. The van der Waals surface area contributed by atoms with Crippen LogP contribution in [0.15, 0.2) is 12.1 Å². The Balaban J connectivity index is 1.33. The van der Waals surface area contributed by atoms with Crippen LogP contribution in [0.5, 0.6) is 0 Å². The summed E-state index contributed by atoms with van der Waals surface area (Å²) >= 11 is 2.28. The van der Waals surface area contributed by atoms with Crippen molar-refractivity contribution in [2.45, 2.75) is 296 Å². The molecular formula is C64H94B2F2N4O4S2. The Kier molecular flexibility index (Phi) is 18.8. The Morgan fingerprint density at radius 2 is 0.628 bits per heavy atom. The van der Waals surface area contributed by atoms with Crippen LogP contribution < -0.4 is 10.9 Å². The van der Waals surface area contributed by atoms with Gasteiger partial charge in [-0.1, -0.05) is 194 Å². The van der Waals surface area contributed by atoms with E-state index in [9.17, 15) is 0 Å². The molecule has 0 saturated carbocycles. The maximum atomic E-state index is 20.2. The molecule has 0 N–H and O–H groups in total. The van der Waals surface area contributed by atoms with Gasteiger partial charge < -0.3 is 18.6 Å². The molecule has 8 nitrogen and oxygen atoms in total. The summed E-state index contributed by atoms with van der Waals surface area (Å²) in [6, 6.07) is 4.43. The molecule has 14 heteroatoms. The third kappa shape index (κ3) is 10.9. The third-order valence-electron chi connectivity index (χ3n) is 19.8. The van der Waals surface area contributed by atoms with Gasteiger partial charge >= 0.3 is 14.2 Å². The van der Waals surface area contributed by atoms with Gasteiger partial charge in [-0.3, -0.25) is 0 Å². The van der Waals surface area contributed by atoms with E-state index in [2.05, 4.69) is 95.2 Å². The van der Waals surface area contributed by atoms with Crippen molar-refractivity contribution in [2.24, 2.45) is 0 Å². The average molecular weight is 1110 g/mol. The van der Waals surface area contributed by atoms with Gasteiger partial charge in [-0.2, -0.15) is 17.5 Å². The van der Waals surface area contributed by atoms with Crippen LogP contribution in [-0.2, 0) is 29.4 Å². The molecule has 0 bridgehead atoms. The SMILES string of the molecule is CCCCCCCCC1(CCCCCCCC)c2cc(B3OC(C)(C)C(C)(C)O3)c3nsnc3c2-c2c(F)c3c(c(F)c21)-c1c(cc(B2OC(C)(C)C(C)(C)O2)c2nsnc12)C3(CCCCCCCC)CCCCCCCC. The quantitative estimate of drug-likeness (QED) is 0.0332. The number of unbranched alkanes of at least 4 members (excludes halogenated alkanes) is 20. The van der Waals surface area contributed by atoms with E-state index in [1.165, 1.54) is 51.4 Å². The van der Waals surface area contributed by atoms with E-state index >= 15 is 8.78 Å². The zero-order chi connectivity index (χ0) is 55.7. The number of halogens is 2. The predicted molar refractivity (Wildman–Crippen MR) is 324 cm³/mol. The highest BCUT2D eigenvalue weighted by Crippen LogP contribution is 2.65. The molecule has 4 heterocycles. The normalized spacial score (nSPS) is 18.9. The van der Waals surface area contributed by atoms with E-state index < -0.39 is 47.5 Å². The van der Waals surface area contributed by atoms with Crippen molar-refractivity contribution in [1.29, 1.82) is 0 Å². The fraction of sp³-hybridized carbons (Fsp3) is 0.719.